The zero-order valence-electron chi connectivity index (χ0n) is 10.7. The number of likely N-dealkylation sites (tertiary alicyclic amines) is 1. The molecule has 0 saturated carbocycles. The van der Waals surface area contributed by atoms with Crippen LogP contribution >= 0.6 is 0 Å². The first-order valence-corrected chi connectivity index (χ1v) is 6.04. The predicted octanol–water partition coefficient (Wildman–Crippen LogP) is 0.165. The number of nitro groups is 1. The fourth-order valence-corrected chi connectivity index (χ4v) is 2.20. The van der Waals surface area contributed by atoms with Crippen molar-refractivity contribution in [2.24, 2.45) is 0 Å². The largest absolute Gasteiger partial charge is 0.388 e. The molecular formula is C11H16N4O4. The second-order valence-corrected chi connectivity index (χ2v) is 5.07. The fraction of sp³-hybridized carbons (Fsp3) is 0.636. The summed E-state index contributed by atoms with van der Waals surface area (Å²) >= 11 is 0. The van der Waals surface area contributed by atoms with Crippen molar-refractivity contribution >= 4 is 11.6 Å². The van der Waals surface area contributed by atoms with Gasteiger partial charge in [-0.25, -0.2) is 0 Å². The molecule has 1 aromatic rings. The van der Waals surface area contributed by atoms with Crippen LogP contribution in [0.2, 0.25) is 0 Å². The highest BCUT2D eigenvalue weighted by Gasteiger charge is 2.31. The van der Waals surface area contributed by atoms with Gasteiger partial charge in [0.05, 0.1) is 10.5 Å². The van der Waals surface area contributed by atoms with Crippen molar-refractivity contribution in [3.63, 3.8) is 0 Å². The summed E-state index contributed by atoms with van der Waals surface area (Å²) in [5.74, 6) is -0.196. The number of rotatable bonds is 3. The third-order valence-corrected chi connectivity index (χ3v) is 3.16. The van der Waals surface area contributed by atoms with Crippen LogP contribution in [0.25, 0.3) is 0 Å². The van der Waals surface area contributed by atoms with Crippen molar-refractivity contribution in [3.05, 3.63) is 22.5 Å². The summed E-state index contributed by atoms with van der Waals surface area (Å²) in [5, 5.41) is 24.2. The molecule has 104 valence electrons. The number of aliphatic hydroxyl groups is 1. The summed E-state index contributed by atoms with van der Waals surface area (Å²) in [4.78, 5) is 23.5. The van der Waals surface area contributed by atoms with Crippen LogP contribution in [0.3, 0.4) is 0 Å². The number of amides is 1. The van der Waals surface area contributed by atoms with Gasteiger partial charge in [-0.05, 0) is 19.8 Å². The average molecular weight is 268 g/mol. The third kappa shape index (κ3) is 3.28. The Hall–Kier alpha value is -1.96. The van der Waals surface area contributed by atoms with E-state index in [2.05, 4.69) is 5.10 Å². The van der Waals surface area contributed by atoms with E-state index in [0.29, 0.717) is 13.0 Å². The van der Waals surface area contributed by atoms with Gasteiger partial charge in [-0.1, -0.05) is 0 Å². The van der Waals surface area contributed by atoms with Crippen molar-refractivity contribution in [2.45, 2.75) is 31.9 Å². The SMILES string of the molecule is CC1(O)CCCN(C(=O)Cn2cc([N+](=O)[O-])cn2)C1. The van der Waals surface area contributed by atoms with Crippen molar-refractivity contribution in [2.75, 3.05) is 13.1 Å². The van der Waals surface area contributed by atoms with E-state index >= 15 is 0 Å². The fourth-order valence-electron chi connectivity index (χ4n) is 2.20. The topological polar surface area (TPSA) is 102 Å². The number of piperidine rings is 1. The lowest BCUT2D eigenvalue weighted by Gasteiger charge is -2.36. The zero-order chi connectivity index (χ0) is 14.0. The first-order valence-electron chi connectivity index (χ1n) is 6.04. The molecular weight excluding hydrogens is 252 g/mol. The highest BCUT2D eigenvalue weighted by molar-refractivity contribution is 5.76. The Kier molecular flexibility index (Phi) is 3.52. The molecule has 0 bridgehead atoms. The van der Waals surface area contributed by atoms with Crippen molar-refractivity contribution in [1.82, 2.24) is 14.7 Å². The lowest BCUT2D eigenvalue weighted by Crippen LogP contribution is -2.49. The molecule has 1 fully saturated rings. The van der Waals surface area contributed by atoms with Crippen LogP contribution in [0.1, 0.15) is 19.8 Å². The van der Waals surface area contributed by atoms with E-state index in [1.165, 1.54) is 10.9 Å². The highest BCUT2D eigenvalue weighted by Crippen LogP contribution is 2.20. The quantitative estimate of drug-likeness (QED) is 0.621. The minimum absolute atomic E-state index is 0.0517. The van der Waals surface area contributed by atoms with Gasteiger partial charge in [-0.2, -0.15) is 5.10 Å². The summed E-state index contributed by atoms with van der Waals surface area (Å²) in [5.41, 5.74) is -0.997. The Balaban J connectivity index is 1.98. The summed E-state index contributed by atoms with van der Waals surface area (Å²) in [6, 6.07) is 0. The normalized spacial score (nSPS) is 23.4. The monoisotopic (exact) mass is 268 g/mol. The summed E-state index contributed by atoms with van der Waals surface area (Å²) < 4.78 is 1.24. The smallest absolute Gasteiger partial charge is 0.307 e. The number of β-amino-alcohol motifs (C(OH)–C–C–N with tert-alkyl or cyclic N) is 1. The molecule has 1 unspecified atom stereocenters. The molecule has 1 aliphatic rings. The van der Waals surface area contributed by atoms with Gasteiger partial charge in [0.1, 0.15) is 18.9 Å². The van der Waals surface area contributed by atoms with Crippen LogP contribution in [-0.4, -0.2) is 49.3 Å². The Labute approximate surface area is 109 Å². The minimum Gasteiger partial charge on any atom is -0.388 e. The van der Waals surface area contributed by atoms with Crippen LogP contribution in [-0.2, 0) is 11.3 Å². The predicted molar refractivity (Wildman–Crippen MR) is 65.3 cm³/mol. The highest BCUT2D eigenvalue weighted by atomic mass is 16.6. The van der Waals surface area contributed by atoms with Crippen LogP contribution in [0.15, 0.2) is 12.4 Å². The van der Waals surface area contributed by atoms with Crippen molar-refractivity contribution in [3.8, 4) is 0 Å². The molecule has 1 amide bonds. The van der Waals surface area contributed by atoms with Crippen molar-refractivity contribution < 1.29 is 14.8 Å². The van der Waals surface area contributed by atoms with E-state index in [4.69, 9.17) is 0 Å². The number of carbonyl (C=O) groups is 1. The number of hydrogen-bond acceptors (Lipinski definition) is 5. The van der Waals surface area contributed by atoms with Crippen LogP contribution in [0.5, 0.6) is 0 Å². The van der Waals surface area contributed by atoms with E-state index in [0.717, 1.165) is 12.6 Å². The molecule has 1 saturated heterocycles. The second kappa shape index (κ2) is 4.96. The van der Waals surface area contributed by atoms with Crippen molar-refractivity contribution in [1.29, 1.82) is 0 Å². The van der Waals surface area contributed by atoms with Gasteiger partial charge in [0, 0.05) is 13.1 Å². The Morgan fingerprint density at radius 2 is 2.42 bits per heavy atom. The number of hydrogen-bond donors (Lipinski definition) is 1. The summed E-state index contributed by atoms with van der Waals surface area (Å²) in [6.45, 7) is 2.53. The lowest BCUT2D eigenvalue weighted by molar-refractivity contribution is -0.385. The molecule has 8 heteroatoms. The molecule has 0 aromatic carbocycles. The molecule has 1 atom stereocenters. The lowest BCUT2D eigenvalue weighted by atomic mass is 9.95. The molecule has 2 heterocycles. The second-order valence-electron chi connectivity index (χ2n) is 5.07. The molecule has 19 heavy (non-hydrogen) atoms. The Bertz CT molecular complexity index is 497. The maximum absolute atomic E-state index is 12.0. The van der Waals surface area contributed by atoms with E-state index in [1.807, 2.05) is 0 Å². The molecule has 1 N–H and O–H groups in total. The summed E-state index contributed by atoms with van der Waals surface area (Å²) in [6.07, 6.45) is 3.75. The van der Waals surface area contributed by atoms with Gasteiger partial charge >= 0.3 is 5.69 Å². The van der Waals surface area contributed by atoms with E-state index in [-0.39, 0.29) is 24.7 Å². The number of aromatic nitrogens is 2. The summed E-state index contributed by atoms with van der Waals surface area (Å²) in [7, 11) is 0. The minimum atomic E-state index is -0.857. The molecule has 0 spiro atoms. The molecule has 0 aliphatic carbocycles. The maximum Gasteiger partial charge on any atom is 0.307 e. The molecule has 2 rings (SSSR count). The van der Waals surface area contributed by atoms with Gasteiger partial charge in [0.25, 0.3) is 0 Å². The molecule has 1 aliphatic heterocycles. The van der Waals surface area contributed by atoms with E-state index in [9.17, 15) is 20.0 Å². The van der Waals surface area contributed by atoms with E-state index < -0.39 is 10.5 Å². The van der Waals surface area contributed by atoms with Gasteiger partial charge in [0.2, 0.25) is 5.91 Å². The average Bonchev–Trinajstić information content (AvgIpc) is 2.76. The van der Waals surface area contributed by atoms with E-state index in [1.54, 1.807) is 11.8 Å². The molecule has 8 nitrogen and oxygen atoms in total. The molecule has 0 radical (unpaired) electrons. The maximum atomic E-state index is 12.0. The zero-order valence-corrected chi connectivity index (χ0v) is 10.7. The van der Waals surface area contributed by atoms with Crippen LogP contribution in [0, 0.1) is 10.1 Å². The van der Waals surface area contributed by atoms with Crippen LogP contribution in [0.4, 0.5) is 5.69 Å². The molecule has 1 aromatic heterocycles. The first-order chi connectivity index (χ1) is 8.87. The van der Waals surface area contributed by atoms with Crippen LogP contribution < -0.4 is 0 Å². The van der Waals surface area contributed by atoms with Gasteiger partial charge < -0.3 is 10.0 Å². The Morgan fingerprint density at radius 1 is 1.68 bits per heavy atom. The van der Waals surface area contributed by atoms with Gasteiger partial charge in [-0.3, -0.25) is 19.6 Å². The number of carbonyl (C=O) groups excluding carboxylic acids is 1. The third-order valence-electron chi connectivity index (χ3n) is 3.16. The number of nitrogens with zero attached hydrogens (tertiary/aromatic N) is 4. The van der Waals surface area contributed by atoms with Gasteiger partial charge in [0.15, 0.2) is 0 Å². The Morgan fingerprint density at radius 3 is 3.00 bits per heavy atom. The first kappa shape index (κ1) is 13.5. The standard InChI is InChI=1S/C11H16N4O4/c1-11(17)3-2-4-13(8-11)10(16)7-14-6-9(5-12-14)15(18)19/h5-6,17H,2-4,7-8H2,1H3. The van der Waals surface area contributed by atoms with Gasteiger partial charge in [-0.15, -0.1) is 0 Å².